The van der Waals surface area contributed by atoms with Crippen molar-refractivity contribution in [2.75, 3.05) is 80.1 Å². The molecule has 3 aromatic carbocycles. The van der Waals surface area contributed by atoms with Crippen molar-refractivity contribution in [2.24, 2.45) is 11.8 Å². The average molecular weight is 931 g/mol. The minimum atomic E-state index is -3.59. The Balaban J connectivity index is 0.833. The number of amides is 3. The van der Waals surface area contributed by atoms with Crippen LogP contribution in [0.1, 0.15) is 66.9 Å². The van der Waals surface area contributed by atoms with Crippen molar-refractivity contribution in [1.29, 1.82) is 0 Å². The maximum Gasteiger partial charge on any atom is 0.255 e. The number of ether oxygens (including phenoxy) is 3. The van der Waals surface area contributed by atoms with Gasteiger partial charge in [-0.25, -0.2) is 13.4 Å². The summed E-state index contributed by atoms with van der Waals surface area (Å²) in [6.45, 7) is 7.70. The van der Waals surface area contributed by atoms with Crippen molar-refractivity contribution in [3.05, 3.63) is 76.4 Å². The molecule has 4 aliphatic heterocycles. The molecule has 4 N–H and O–H groups in total. The molecule has 4 aliphatic rings. The van der Waals surface area contributed by atoms with Gasteiger partial charge in [-0.2, -0.15) is 4.98 Å². The Kier molecular flexibility index (Phi) is 13.9. The van der Waals surface area contributed by atoms with Crippen LogP contribution in [0.15, 0.2) is 54.7 Å². The Morgan fingerprint density at radius 2 is 1.63 bits per heavy atom. The van der Waals surface area contributed by atoms with E-state index in [0.29, 0.717) is 65.6 Å². The van der Waals surface area contributed by atoms with Gasteiger partial charge >= 0.3 is 0 Å². The Hall–Kier alpha value is -5.85. The maximum atomic E-state index is 13.2. The summed E-state index contributed by atoms with van der Waals surface area (Å²) >= 11 is 6.52. The van der Waals surface area contributed by atoms with Crippen LogP contribution in [-0.4, -0.2) is 112 Å². The largest absolute Gasteiger partial charge is 0.497 e. The van der Waals surface area contributed by atoms with Gasteiger partial charge in [0.25, 0.3) is 5.91 Å². The van der Waals surface area contributed by atoms with Gasteiger partial charge in [0.2, 0.25) is 27.8 Å². The molecule has 0 bridgehead atoms. The number of piperidine rings is 3. The van der Waals surface area contributed by atoms with E-state index in [1.807, 2.05) is 12.1 Å². The van der Waals surface area contributed by atoms with Crippen molar-refractivity contribution in [1.82, 2.24) is 25.1 Å². The number of likely N-dealkylation sites (tertiary alicyclic amines) is 1. The molecule has 1 atom stereocenters. The Morgan fingerprint density at radius 3 is 2.32 bits per heavy atom. The van der Waals surface area contributed by atoms with Gasteiger partial charge in [0.05, 0.1) is 50.3 Å². The molecule has 1 unspecified atom stereocenters. The lowest BCUT2D eigenvalue weighted by molar-refractivity contribution is -0.136. The number of nitrogens with zero attached hydrogens (tertiary/aromatic N) is 5. The van der Waals surface area contributed by atoms with E-state index in [4.69, 9.17) is 25.8 Å². The van der Waals surface area contributed by atoms with Gasteiger partial charge in [0, 0.05) is 55.0 Å². The zero-order valence-corrected chi connectivity index (χ0v) is 38.7. The van der Waals surface area contributed by atoms with E-state index < -0.39 is 22.0 Å². The number of benzene rings is 3. The fourth-order valence-electron chi connectivity index (χ4n) is 9.50. The van der Waals surface area contributed by atoms with Crippen LogP contribution in [0, 0.1) is 11.8 Å². The number of carbonyl (C=O) groups is 3. The summed E-state index contributed by atoms with van der Waals surface area (Å²) in [4.78, 5) is 53.0. The summed E-state index contributed by atoms with van der Waals surface area (Å²) < 4.78 is 44.2. The van der Waals surface area contributed by atoms with Crippen LogP contribution in [0.5, 0.6) is 17.2 Å². The summed E-state index contributed by atoms with van der Waals surface area (Å²) in [5.41, 5.74) is 5.08. The molecule has 346 valence electrons. The second-order valence-electron chi connectivity index (χ2n) is 17.0. The third kappa shape index (κ3) is 10.5. The van der Waals surface area contributed by atoms with Crippen LogP contribution in [0.25, 0.3) is 0 Å². The van der Waals surface area contributed by atoms with Gasteiger partial charge in [-0.1, -0.05) is 24.6 Å². The Morgan fingerprint density at radius 1 is 0.877 bits per heavy atom. The molecule has 5 heterocycles. The number of methoxy groups -OCH3 is 2. The van der Waals surface area contributed by atoms with E-state index >= 15 is 0 Å². The number of carbonyl (C=O) groups excluding carboxylic acids is 3. The normalized spacial score (nSPS) is 18.6. The highest BCUT2D eigenvalue weighted by atomic mass is 35.5. The van der Waals surface area contributed by atoms with Crippen LogP contribution >= 0.6 is 11.6 Å². The molecular formula is C46H56ClN9O8S. The van der Waals surface area contributed by atoms with E-state index in [9.17, 15) is 22.8 Å². The van der Waals surface area contributed by atoms with Crippen LogP contribution < -0.4 is 39.8 Å². The highest BCUT2D eigenvalue weighted by Crippen LogP contribution is 2.40. The minimum Gasteiger partial charge on any atom is -0.497 e. The van der Waals surface area contributed by atoms with Crippen molar-refractivity contribution in [2.45, 2.75) is 64.5 Å². The summed E-state index contributed by atoms with van der Waals surface area (Å²) in [7, 11) is -0.451. The molecule has 0 saturated carbocycles. The van der Waals surface area contributed by atoms with Crippen LogP contribution in [0.3, 0.4) is 0 Å². The van der Waals surface area contributed by atoms with Gasteiger partial charge in [0.15, 0.2) is 5.82 Å². The number of hydrogen-bond acceptors (Lipinski definition) is 14. The van der Waals surface area contributed by atoms with Crippen molar-refractivity contribution >= 4 is 73.9 Å². The molecule has 4 aromatic rings. The van der Waals surface area contributed by atoms with Crippen LogP contribution in [0.2, 0.25) is 5.02 Å². The first-order valence-electron chi connectivity index (χ1n) is 22.1. The number of sulfonamides is 1. The van der Waals surface area contributed by atoms with Crippen molar-refractivity contribution in [3.63, 3.8) is 0 Å². The Bertz CT molecular complexity index is 2550. The number of hydrogen-bond donors (Lipinski definition) is 4. The monoisotopic (exact) mass is 929 g/mol. The molecule has 65 heavy (non-hydrogen) atoms. The predicted octanol–water partition coefficient (Wildman–Crippen LogP) is 6.34. The van der Waals surface area contributed by atoms with E-state index in [1.165, 1.54) is 18.9 Å². The second kappa shape index (κ2) is 19.7. The Labute approximate surface area is 384 Å². The van der Waals surface area contributed by atoms with Crippen LogP contribution in [0.4, 0.5) is 34.5 Å². The minimum absolute atomic E-state index is 0.199. The number of aryl methyl sites for hydroxylation is 1. The standard InChI is InChI=1S/C46H56ClN9O8S/c1-5-28-23-37(50-46-48-26-34(47)43(52-46)49-35-10-9-31(62-2)24-36(35)53-65(4,60)61)41(63-3)25-39(28)55-19-15-30(16-20-55)29-13-17-54(18-14-29)21-22-64-40-8-6-7-32-33(40)27-56(45(32)59)38-11-12-42(57)51-44(38)58/h6-10,23-26,29-30,38,53H,5,11-22,27H2,1-4H3,(H,51,57,58)(H2,48,49,50,52). The van der Waals surface area contributed by atoms with Gasteiger partial charge in [-0.15, -0.1) is 0 Å². The maximum absolute atomic E-state index is 13.2. The number of halogens is 1. The number of nitrogens with one attached hydrogen (secondary N) is 4. The quantitative estimate of drug-likeness (QED) is 0.0909. The fourth-order valence-corrected chi connectivity index (χ4v) is 10.2. The van der Waals surface area contributed by atoms with Crippen molar-refractivity contribution in [3.8, 4) is 17.2 Å². The number of fused-ring (bicyclic) bond motifs is 1. The number of imide groups is 1. The topological polar surface area (TPSA) is 197 Å². The van der Waals surface area contributed by atoms with E-state index in [-0.39, 0.29) is 40.7 Å². The molecule has 8 rings (SSSR count). The number of rotatable bonds is 16. The van der Waals surface area contributed by atoms with Gasteiger partial charge in [0.1, 0.15) is 34.9 Å². The van der Waals surface area contributed by atoms with Gasteiger partial charge in [-0.3, -0.25) is 29.3 Å². The lowest BCUT2D eigenvalue weighted by atomic mass is 9.78. The van der Waals surface area contributed by atoms with Crippen molar-refractivity contribution < 1.29 is 37.0 Å². The fraction of sp³-hybridized carbons (Fsp3) is 0.457. The number of aromatic nitrogens is 2. The zero-order valence-electron chi connectivity index (χ0n) is 37.1. The first-order chi connectivity index (χ1) is 31.3. The molecule has 0 radical (unpaired) electrons. The molecule has 0 spiro atoms. The molecule has 3 saturated heterocycles. The van der Waals surface area contributed by atoms with E-state index in [2.05, 4.69) is 59.5 Å². The highest BCUT2D eigenvalue weighted by Gasteiger charge is 2.40. The van der Waals surface area contributed by atoms with Gasteiger partial charge in [-0.05, 0) is 99.3 Å². The van der Waals surface area contributed by atoms with Crippen LogP contribution in [-0.2, 0) is 32.6 Å². The van der Waals surface area contributed by atoms with Gasteiger partial charge < -0.3 is 34.6 Å². The lowest BCUT2D eigenvalue weighted by Crippen LogP contribution is -2.52. The highest BCUT2D eigenvalue weighted by molar-refractivity contribution is 7.92. The van der Waals surface area contributed by atoms with E-state index in [0.717, 1.165) is 82.3 Å². The summed E-state index contributed by atoms with van der Waals surface area (Å²) in [6.07, 6.45) is 8.45. The molecule has 3 amide bonds. The lowest BCUT2D eigenvalue weighted by Gasteiger charge is -2.41. The third-order valence-corrected chi connectivity index (χ3v) is 13.8. The molecule has 19 heteroatoms. The summed E-state index contributed by atoms with van der Waals surface area (Å²) in [5, 5.41) is 9.04. The molecule has 1 aromatic heterocycles. The molecule has 3 fully saturated rings. The predicted molar refractivity (Wildman–Crippen MR) is 250 cm³/mol. The molecule has 17 nitrogen and oxygen atoms in total. The third-order valence-electron chi connectivity index (χ3n) is 12.9. The zero-order chi connectivity index (χ0) is 45.8. The SMILES string of the molecule is CCc1cc(Nc2ncc(Cl)c(Nc3ccc(OC)cc3NS(C)(=O)=O)n2)c(OC)cc1N1CCC(C2CCN(CCOc3cccc4c3CN(C3CCC(=O)NC3=O)C4=O)CC2)CC1. The second-order valence-corrected chi connectivity index (χ2v) is 19.2. The summed E-state index contributed by atoms with van der Waals surface area (Å²) in [5.74, 6) is 2.76. The summed E-state index contributed by atoms with van der Waals surface area (Å²) in [6, 6.07) is 13.9. The number of anilines is 6. The smallest absolute Gasteiger partial charge is 0.255 e. The first kappa shape index (κ1) is 45.7. The molecular weight excluding hydrogens is 874 g/mol. The first-order valence-corrected chi connectivity index (χ1v) is 24.4. The van der Waals surface area contributed by atoms with E-state index in [1.54, 1.807) is 36.3 Å². The average Bonchev–Trinajstić information content (AvgIpc) is 3.63. The molecule has 0 aliphatic carbocycles.